The van der Waals surface area contributed by atoms with Crippen molar-refractivity contribution in [2.45, 2.75) is 46.1 Å². The quantitative estimate of drug-likeness (QED) is 0.910. The molecule has 1 N–H and O–H groups in total. The largest absolute Gasteiger partial charge is 0.352 e. The smallest absolute Gasteiger partial charge is 0.224 e. The standard InChI is InChI=1S/C20H25N3O2/c1-13(12-23-10-6-9-20(23)25)21-19(24)11-17-14(2)16-7-4-5-8-18(16)22-15(17)3/h4-5,7-8,13H,6,9-12H2,1-3H3,(H,21,24). The lowest BCUT2D eigenvalue weighted by Crippen LogP contribution is -2.43. The molecule has 3 rings (SSSR count). The van der Waals surface area contributed by atoms with E-state index in [1.165, 1.54) is 0 Å². The second-order valence-corrected chi connectivity index (χ2v) is 6.91. The van der Waals surface area contributed by atoms with E-state index in [0.29, 0.717) is 19.4 Å². The number of hydrogen-bond donors (Lipinski definition) is 1. The molecule has 0 radical (unpaired) electrons. The number of aryl methyl sites for hydroxylation is 2. The summed E-state index contributed by atoms with van der Waals surface area (Å²) < 4.78 is 0. The van der Waals surface area contributed by atoms with E-state index in [2.05, 4.69) is 10.3 Å². The van der Waals surface area contributed by atoms with Crippen LogP contribution < -0.4 is 5.32 Å². The van der Waals surface area contributed by atoms with Crippen LogP contribution in [0.2, 0.25) is 0 Å². The number of benzene rings is 1. The number of para-hydroxylation sites is 1. The Balaban J connectivity index is 1.68. The molecule has 132 valence electrons. The average Bonchev–Trinajstić information content (AvgIpc) is 2.96. The second-order valence-electron chi connectivity index (χ2n) is 6.91. The number of carbonyl (C=O) groups is 2. The zero-order chi connectivity index (χ0) is 18.0. The lowest BCUT2D eigenvalue weighted by Gasteiger charge is -2.22. The molecule has 0 bridgehead atoms. The Hall–Kier alpha value is -2.43. The highest BCUT2D eigenvalue weighted by Gasteiger charge is 2.22. The van der Waals surface area contributed by atoms with Gasteiger partial charge in [-0.1, -0.05) is 18.2 Å². The average molecular weight is 339 g/mol. The minimum absolute atomic E-state index is 0.0255. The first-order chi connectivity index (χ1) is 12.0. The maximum atomic E-state index is 12.5. The maximum absolute atomic E-state index is 12.5. The van der Waals surface area contributed by atoms with Gasteiger partial charge in [-0.3, -0.25) is 14.6 Å². The van der Waals surface area contributed by atoms with Crippen molar-refractivity contribution < 1.29 is 9.59 Å². The summed E-state index contributed by atoms with van der Waals surface area (Å²) in [6.45, 7) is 7.33. The highest BCUT2D eigenvalue weighted by atomic mass is 16.2. The summed E-state index contributed by atoms with van der Waals surface area (Å²) in [7, 11) is 0. The number of pyridine rings is 1. The van der Waals surface area contributed by atoms with Crippen LogP contribution in [0.5, 0.6) is 0 Å². The van der Waals surface area contributed by atoms with Gasteiger partial charge in [-0.2, -0.15) is 0 Å². The minimum atomic E-state index is -0.0522. The first-order valence-electron chi connectivity index (χ1n) is 8.87. The molecule has 1 atom stereocenters. The number of nitrogens with one attached hydrogen (secondary N) is 1. The van der Waals surface area contributed by atoms with Gasteiger partial charge >= 0.3 is 0 Å². The second kappa shape index (κ2) is 7.21. The molecule has 1 aliphatic rings. The van der Waals surface area contributed by atoms with Crippen LogP contribution in [0, 0.1) is 13.8 Å². The normalized spacial score (nSPS) is 15.6. The van der Waals surface area contributed by atoms with E-state index in [9.17, 15) is 9.59 Å². The number of amides is 2. The monoisotopic (exact) mass is 339 g/mol. The number of likely N-dealkylation sites (tertiary alicyclic amines) is 1. The van der Waals surface area contributed by atoms with Gasteiger partial charge in [0.05, 0.1) is 11.9 Å². The molecule has 1 aromatic heterocycles. The Morgan fingerprint density at radius 3 is 2.80 bits per heavy atom. The van der Waals surface area contributed by atoms with Crippen LogP contribution in [0.25, 0.3) is 10.9 Å². The van der Waals surface area contributed by atoms with E-state index in [1.54, 1.807) is 0 Å². The lowest BCUT2D eigenvalue weighted by molar-refractivity contribution is -0.129. The van der Waals surface area contributed by atoms with Crippen molar-refractivity contribution in [1.82, 2.24) is 15.2 Å². The summed E-state index contributed by atoms with van der Waals surface area (Å²) in [5.41, 5.74) is 3.96. The molecule has 5 heteroatoms. The van der Waals surface area contributed by atoms with Crippen LogP contribution in [-0.2, 0) is 16.0 Å². The number of nitrogens with zero attached hydrogens (tertiary/aromatic N) is 2. The van der Waals surface area contributed by atoms with E-state index < -0.39 is 0 Å². The molecule has 0 saturated carbocycles. The van der Waals surface area contributed by atoms with Crippen LogP contribution >= 0.6 is 0 Å². The van der Waals surface area contributed by atoms with Gasteiger partial charge in [0.1, 0.15) is 0 Å². The third-order valence-electron chi connectivity index (χ3n) is 4.90. The van der Waals surface area contributed by atoms with Gasteiger partial charge in [-0.15, -0.1) is 0 Å². The lowest BCUT2D eigenvalue weighted by atomic mass is 9.99. The van der Waals surface area contributed by atoms with Crippen LogP contribution in [0.15, 0.2) is 24.3 Å². The van der Waals surface area contributed by atoms with Crippen molar-refractivity contribution in [3.63, 3.8) is 0 Å². The highest BCUT2D eigenvalue weighted by molar-refractivity contribution is 5.86. The Kier molecular flexibility index (Phi) is 5.02. The number of fused-ring (bicyclic) bond motifs is 1. The maximum Gasteiger partial charge on any atom is 0.224 e. The predicted molar refractivity (Wildman–Crippen MR) is 98.3 cm³/mol. The number of aromatic nitrogens is 1. The minimum Gasteiger partial charge on any atom is -0.352 e. The SMILES string of the molecule is Cc1nc2ccccc2c(C)c1CC(=O)NC(C)CN1CCCC1=O. The predicted octanol–water partition coefficient (Wildman–Crippen LogP) is 2.52. The third-order valence-corrected chi connectivity index (χ3v) is 4.90. The molecule has 0 aliphatic carbocycles. The summed E-state index contributed by atoms with van der Waals surface area (Å²) in [4.78, 5) is 30.6. The molecule has 1 unspecified atom stereocenters. The van der Waals surface area contributed by atoms with Gasteiger partial charge in [0, 0.05) is 36.6 Å². The number of carbonyl (C=O) groups excluding carboxylic acids is 2. The van der Waals surface area contributed by atoms with Crippen molar-refractivity contribution in [2.75, 3.05) is 13.1 Å². The molecule has 0 spiro atoms. The molecular formula is C20H25N3O2. The first-order valence-corrected chi connectivity index (χ1v) is 8.87. The molecule has 1 aromatic carbocycles. The summed E-state index contributed by atoms with van der Waals surface area (Å²) in [5, 5.41) is 4.11. The van der Waals surface area contributed by atoms with E-state index >= 15 is 0 Å². The van der Waals surface area contributed by atoms with Gasteiger partial charge < -0.3 is 10.2 Å². The van der Waals surface area contributed by atoms with Crippen LogP contribution in [0.4, 0.5) is 0 Å². The molecular weight excluding hydrogens is 314 g/mol. The molecule has 2 amide bonds. The van der Waals surface area contributed by atoms with Crippen LogP contribution in [-0.4, -0.2) is 40.8 Å². The van der Waals surface area contributed by atoms with E-state index in [0.717, 1.165) is 40.7 Å². The number of rotatable bonds is 5. The number of hydrogen-bond acceptors (Lipinski definition) is 3. The topological polar surface area (TPSA) is 62.3 Å². The summed E-state index contributed by atoms with van der Waals surface area (Å²) in [5.74, 6) is 0.161. The van der Waals surface area contributed by atoms with Gasteiger partial charge in [0.2, 0.25) is 11.8 Å². The summed E-state index contributed by atoms with van der Waals surface area (Å²) in [6, 6.07) is 7.95. The van der Waals surface area contributed by atoms with E-state index in [4.69, 9.17) is 0 Å². The Labute approximate surface area is 148 Å². The molecule has 1 saturated heterocycles. The fourth-order valence-electron chi connectivity index (χ4n) is 3.59. The van der Waals surface area contributed by atoms with Gasteiger partial charge in [-0.05, 0) is 44.4 Å². The van der Waals surface area contributed by atoms with Crippen molar-refractivity contribution in [2.24, 2.45) is 0 Å². The molecule has 25 heavy (non-hydrogen) atoms. The van der Waals surface area contributed by atoms with E-state index in [1.807, 2.05) is 49.9 Å². The van der Waals surface area contributed by atoms with Crippen molar-refractivity contribution in [3.8, 4) is 0 Å². The van der Waals surface area contributed by atoms with Crippen LogP contribution in [0.1, 0.15) is 36.6 Å². The summed E-state index contributed by atoms with van der Waals surface area (Å²) >= 11 is 0. The highest BCUT2D eigenvalue weighted by Crippen LogP contribution is 2.22. The van der Waals surface area contributed by atoms with E-state index in [-0.39, 0.29) is 17.9 Å². The molecule has 1 fully saturated rings. The summed E-state index contributed by atoms with van der Waals surface area (Å²) in [6.07, 6.45) is 1.86. The zero-order valence-corrected chi connectivity index (χ0v) is 15.1. The van der Waals surface area contributed by atoms with Gasteiger partial charge in [0.25, 0.3) is 0 Å². The molecule has 1 aliphatic heterocycles. The third kappa shape index (κ3) is 3.81. The van der Waals surface area contributed by atoms with Gasteiger partial charge in [-0.25, -0.2) is 0 Å². The molecule has 5 nitrogen and oxygen atoms in total. The Morgan fingerprint density at radius 1 is 1.32 bits per heavy atom. The Morgan fingerprint density at radius 2 is 2.08 bits per heavy atom. The zero-order valence-electron chi connectivity index (χ0n) is 15.1. The first kappa shape index (κ1) is 17.4. The Bertz CT molecular complexity index is 816. The fourth-order valence-corrected chi connectivity index (χ4v) is 3.59. The van der Waals surface area contributed by atoms with Crippen LogP contribution in [0.3, 0.4) is 0 Å². The van der Waals surface area contributed by atoms with Crippen molar-refractivity contribution in [1.29, 1.82) is 0 Å². The molecule has 2 heterocycles. The van der Waals surface area contributed by atoms with Crippen molar-refractivity contribution >= 4 is 22.7 Å². The molecule has 2 aromatic rings. The van der Waals surface area contributed by atoms with Crippen molar-refractivity contribution in [3.05, 3.63) is 41.1 Å². The fraction of sp³-hybridized carbons (Fsp3) is 0.450. The van der Waals surface area contributed by atoms with Gasteiger partial charge in [0.15, 0.2) is 0 Å².